The van der Waals surface area contributed by atoms with E-state index in [0.717, 1.165) is 38.3 Å². The predicted octanol–water partition coefficient (Wildman–Crippen LogP) is 6.53. The van der Waals surface area contributed by atoms with E-state index in [2.05, 4.69) is 34.8 Å². The summed E-state index contributed by atoms with van der Waals surface area (Å²) in [5.41, 5.74) is 0.0970. The number of aromatic hydroxyl groups is 1. The number of hydrogen-bond donors (Lipinski definition) is 2. The maximum absolute atomic E-state index is 17.2. The van der Waals surface area contributed by atoms with Crippen LogP contribution in [-0.2, 0) is 4.79 Å². The van der Waals surface area contributed by atoms with Gasteiger partial charge in [0.05, 0.1) is 36.6 Å². The molecule has 4 aliphatic rings. The molecule has 2 amide bonds. The van der Waals surface area contributed by atoms with Crippen LogP contribution in [0, 0.1) is 24.0 Å². The molecule has 14 heteroatoms. The summed E-state index contributed by atoms with van der Waals surface area (Å²) >= 11 is 0. The lowest BCUT2D eigenvalue weighted by atomic mass is 9.94. The maximum atomic E-state index is 17.2. The number of terminal acetylenes is 1. The molecule has 11 nitrogen and oxygen atoms in total. The zero-order valence-electron chi connectivity index (χ0n) is 31.9. The van der Waals surface area contributed by atoms with Crippen LogP contribution in [0.2, 0.25) is 0 Å². The minimum Gasteiger partial charge on any atom is -0.508 e. The zero-order valence-corrected chi connectivity index (χ0v) is 31.9. The van der Waals surface area contributed by atoms with Crippen LogP contribution < -0.4 is 15.0 Å². The summed E-state index contributed by atoms with van der Waals surface area (Å²) in [7, 11) is 2.05. The third-order valence-corrected chi connectivity index (χ3v) is 12.8. The van der Waals surface area contributed by atoms with Crippen LogP contribution in [0.5, 0.6) is 11.8 Å². The van der Waals surface area contributed by atoms with Crippen molar-refractivity contribution in [3.63, 3.8) is 0 Å². The standard InChI is InChI=1S/C44H40F3N7O4/c1-4-32-35(46)13-10-25-17-31(55)18-33(37(25)32)39-38(47)40-34(20-48-39)41(51-43(50-40)58-24-44-14-7-15-54(44,3)23-27(45)19-44)52-21-29-11-12-30(22-52)53(29)42(57)26-8-6-9-28(16-26)49-36(56)5-2/h1,5-6,8-10,13,16-18,20,27,29-30H,2,7,11-12,14-15,19,21-24H2,3H3,(H-,49,55,56)/p+1/t27-,29?,30?,44+,54?/m1/s1. The molecule has 2 N–H and O–H groups in total. The Bertz CT molecular complexity index is 2580. The van der Waals surface area contributed by atoms with Crippen molar-refractivity contribution in [3.8, 4) is 35.4 Å². The van der Waals surface area contributed by atoms with Crippen molar-refractivity contribution in [3.05, 3.63) is 90.1 Å². The van der Waals surface area contributed by atoms with Crippen molar-refractivity contribution < 1.29 is 37.1 Å². The number of anilines is 2. The molecule has 58 heavy (non-hydrogen) atoms. The first-order valence-corrected chi connectivity index (χ1v) is 19.4. The number of pyridine rings is 1. The number of alkyl halides is 1. The highest BCUT2D eigenvalue weighted by molar-refractivity contribution is 6.03. The molecule has 5 atom stereocenters. The molecular weight excluding hydrogens is 748 g/mol. The molecule has 2 bridgehead atoms. The number of quaternary nitrogens is 1. The number of piperazine rings is 1. The molecule has 0 radical (unpaired) electrons. The van der Waals surface area contributed by atoms with Gasteiger partial charge < -0.3 is 29.4 Å². The van der Waals surface area contributed by atoms with Gasteiger partial charge in [0, 0.05) is 60.7 Å². The van der Waals surface area contributed by atoms with Gasteiger partial charge in [0.25, 0.3) is 5.91 Å². The van der Waals surface area contributed by atoms with E-state index in [1.165, 1.54) is 30.5 Å². The van der Waals surface area contributed by atoms with Crippen molar-refractivity contribution in [1.29, 1.82) is 0 Å². The van der Waals surface area contributed by atoms with Gasteiger partial charge in [-0.2, -0.15) is 9.97 Å². The zero-order chi connectivity index (χ0) is 40.5. The summed E-state index contributed by atoms with van der Waals surface area (Å²) in [6.07, 6.45) is 10.9. The minimum absolute atomic E-state index is 0.0839. The lowest BCUT2D eigenvalue weighted by molar-refractivity contribution is -0.934. The Kier molecular flexibility index (Phi) is 9.04. The Balaban J connectivity index is 1.11. The average Bonchev–Trinajstić information content (AvgIpc) is 3.76. The number of hydrogen-bond acceptors (Lipinski definition) is 8. The van der Waals surface area contributed by atoms with Gasteiger partial charge in [-0.05, 0) is 60.7 Å². The summed E-state index contributed by atoms with van der Waals surface area (Å²) in [4.78, 5) is 43.9. The van der Waals surface area contributed by atoms with Gasteiger partial charge in [-0.1, -0.05) is 24.6 Å². The lowest BCUT2D eigenvalue weighted by Gasteiger charge is -2.42. The fraction of sp³-hybridized carbons (Fsp3) is 0.341. The Morgan fingerprint density at radius 3 is 2.71 bits per heavy atom. The van der Waals surface area contributed by atoms with Crippen LogP contribution >= 0.6 is 0 Å². The Morgan fingerprint density at radius 2 is 1.95 bits per heavy atom. The third-order valence-electron chi connectivity index (χ3n) is 12.8. The average molecular weight is 789 g/mol. The number of fused-ring (bicyclic) bond motifs is 5. The van der Waals surface area contributed by atoms with E-state index in [4.69, 9.17) is 16.1 Å². The number of amides is 2. The van der Waals surface area contributed by atoms with Crippen molar-refractivity contribution in [2.75, 3.05) is 50.1 Å². The maximum Gasteiger partial charge on any atom is 0.319 e. The van der Waals surface area contributed by atoms with E-state index in [-0.39, 0.29) is 75.4 Å². The number of benzene rings is 3. The minimum atomic E-state index is -0.967. The summed E-state index contributed by atoms with van der Waals surface area (Å²) in [5.74, 6) is 0.451. The van der Waals surface area contributed by atoms with Crippen LogP contribution in [0.15, 0.2) is 67.4 Å². The predicted molar refractivity (Wildman–Crippen MR) is 213 cm³/mol. The monoisotopic (exact) mass is 788 g/mol. The molecule has 9 rings (SSSR count). The van der Waals surface area contributed by atoms with E-state index in [0.29, 0.717) is 53.0 Å². The van der Waals surface area contributed by atoms with Crippen LogP contribution in [0.1, 0.15) is 48.0 Å². The number of aromatic nitrogens is 3. The van der Waals surface area contributed by atoms with Crippen LogP contribution in [0.4, 0.5) is 24.7 Å². The van der Waals surface area contributed by atoms with E-state index >= 15 is 8.78 Å². The largest absolute Gasteiger partial charge is 0.508 e. The molecule has 4 saturated heterocycles. The van der Waals surface area contributed by atoms with Crippen LogP contribution in [-0.4, -0.2) is 105 Å². The van der Waals surface area contributed by atoms with E-state index in [1.54, 1.807) is 24.3 Å². The quantitative estimate of drug-likeness (QED) is 0.104. The second kappa shape index (κ2) is 14.0. The SMILES string of the molecule is C#Cc1c(F)ccc2cc(O)cc(-c3ncc4c(N5CC6CCC(C5)N6C(=O)c5cccc(NC(=O)C=C)c5)nc(OC[C@@]56CCC[N+]5(C)C[C@H](F)C6)nc4c3F)c12. The summed E-state index contributed by atoms with van der Waals surface area (Å²) in [6.45, 7) is 5.59. The van der Waals surface area contributed by atoms with Gasteiger partial charge in [0.2, 0.25) is 5.91 Å². The summed E-state index contributed by atoms with van der Waals surface area (Å²) in [6, 6.07) is 11.6. The molecule has 0 saturated carbocycles. The number of carbonyl (C=O) groups excluding carboxylic acids is 2. The normalized spacial score (nSPS) is 24.8. The van der Waals surface area contributed by atoms with Crippen molar-refractivity contribution >= 4 is 45.0 Å². The van der Waals surface area contributed by atoms with Crippen molar-refractivity contribution in [1.82, 2.24) is 19.9 Å². The smallest absolute Gasteiger partial charge is 0.319 e. The number of carbonyl (C=O) groups is 2. The molecule has 3 aromatic carbocycles. The Labute approximate surface area is 332 Å². The lowest BCUT2D eigenvalue weighted by Crippen LogP contribution is -2.56. The molecule has 2 aromatic heterocycles. The first-order chi connectivity index (χ1) is 27.9. The number of ether oxygens (including phenoxy) is 1. The Morgan fingerprint density at radius 1 is 1.16 bits per heavy atom. The topological polar surface area (TPSA) is 121 Å². The fourth-order valence-corrected chi connectivity index (χ4v) is 10.0. The first kappa shape index (κ1) is 37.4. The van der Waals surface area contributed by atoms with Gasteiger partial charge >= 0.3 is 6.01 Å². The number of phenolic OH excluding ortho intramolecular Hbond substituents is 1. The first-order valence-electron chi connectivity index (χ1n) is 19.4. The number of nitrogens with one attached hydrogen (secondary N) is 1. The second-order valence-corrected chi connectivity index (χ2v) is 16.2. The number of likely N-dealkylation sites (N-methyl/N-ethyl adjacent to an activating group) is 1. The van der Waals surface area contributed by atoms with E-state index < -0.39 is 23.3 Å². The van der Waals surface area contributed by atoms with Crippen molar-refractivity contribution in [2.45, 2.75) is 55.9 Å². The number of nitrogens with zero attached hydrogens (tertiary/aromatic N) is 6. The number of halogens is 3. The second-order valence-electron chi connectivity index (χ2n) is 16.2. The summed E-state index contributed by atoms with van der Waals surface area (Å²) in [5, 5.41) is 14.3. The fourth-order valence-electron chi connectivity index (χ4n) is 10.0. The van der Waals surface area contributed by atoms with E-state index in [1.807, 2.05) is 9.80 Å². The van der Waals surface area contributed by atoms with Gasteiger partial charge in [0.1, 0.15) is 47.3 Å². The Hall–Kier alpha value is -6.20. The van der Waals surface area contributed by atoms with Gasteiger partial charge in [-0.25, -0.2) is 13.2 Å². The molecule has 0 aliphatic carbocycles. The van der Waals surface area contributed by atoms with Gasteiger partial charge in [-0.3, -0.25) is 14.6 Å². The van der Waals surface area contributed by atoms with Crippen LogP contribution in [0.25, 0.3) is 32.9 Å². The highest BCUT2D eigenvalue weighted by Gasteiger charge is 2.60. The molecule has 0 spiro atoms. The number of rotatable bonds is 8. The molecular formula is C44H41F3N7O4+. The highest BCUT2D eigenvalue weighted by Crippen LogP contribution is 2.46. The molecule has 5 aromatic rings. The summed E-state index contributed by atoms with van der Waals surface area (Å²) < 4.78 is 54.1. The molecule has 3 unspecified atom stereocenters. The molecule has 4 fully saturated rings. The third kappa shape index (κ3) is 6.07. The molecule has 296 valence electrons. The molecule has 6 heterocycles. The molecule has 4 aliphatic heterocycles. The van der Waals surface area contributed by atoms with Crippen LogP contribution in [0.3, 0.4) is 0 Å². The van der Waals surface area contributed by atoms with E-state index in [9.17, 15) is 19.1 Å². The van der Waals surface area contributed by atoms with Gasteiger partial charge in [-0.15, -0.1) is 6.42 Å². The highest BCUT2D eigenvalue weighted by atomic mass is 19.1. The van der Waals surface area contributed by atoms with Crippen molar-refractivity contribution in [2.24, 2.45) is 0 Å². The van der Waals surface area contributed by atoms with Gasteiger partial charge in [0.15, 0.2) is 12.0 Å². The number of phenols is 1.